The average molecular weight is 596 g/mol. The Morgan fingerprint density at radius 1 is 0.762 bits per heavy atom. The summed E-state index contributed by atoms with van der Waals surface area (Å²) < 4.78 is 7.59. The van der Waals surface area contributed by atoms with E-state index in [1.807, 2.05) is 12.1 Å². The van der Waals surface area contributed by atoms with Crippen molar-refractivity contribution in [2.45, 2.75) is 65.3 Å². The van der Waals surface area contributed by atoms with Crippen molar-refractivity contribution >= 4 is 54.2 Å². The summed E-state index contributed by atoms with van der Waals surface area (Å²) in [5, 5.41) is 2.36. The van der Waals surface area contributed by atoms with Gasteiger partial charge in [-0.15, -0.1) is 11.3 Å². The third-order valence-corrected chi connectivity index (χ3v) is 13.7. The molecule has 4 rings (SSSR count). The second-order valence-corrected chi connectivity index (χ2v) is 17.2. The smallest absolute Gasteiger partial charge is 0.319 e. The molecule has 0 aliphatic carbocycles. The van der Waals surface area contributed by atoms with Crippen LogP contribution in [0.4, 0.5) is 5.69 Å². The fraction of sp³-hybridized carbons (Fsp3) is 0.324. The molecule has 0 unspecified atom stereocenters. The van der Waals surface area contributed by atoms with E-state index < -0.39 is 8.32 Å². The summed E-state index contributed by atoms with van der Waals surface area (Å²) >= 11 is 1.50. The molecule has 220 valence electrons. The Hall–Kier alpha value is -3.41. The second-order valence-electron chi connectivity index (χ2n) is 11.9. The maximum Gasteiger partial charge on any atom is 0.319 e. The molecule has 0 radical (unpaired) electrons. The first-order valence-corrected chi connectivity index (χ1v) is 18.0. The summed E-state index contributed by atoms with van der Waals surface area (Å²) in [5.41, 5.74) is 2.25. The third kappa shape index (κ3) is 7.32. The number of carbonyl (C=O) groups is 1. The molecule has 0 aliphatic rings. The lowest BCUT2D eigenvalue weighted by atomic mass is 10.1. The van der Waals surface area contributed by atoms with Gasteiger partial charge < -0.3 is 9.33 Å². The Morgan fingerprint density at radius 2 is 1.33 bits per heavy atom. The van der Waals surface area contributed by atoms with Crippen LogP contribution in [0.5, 0.6) is 5.75 Å². The van der Waals surface area contributed by atoms with Gasteiger partial charge in [-0.3, -0.25) is 4.79 Å². The topological polar surface area (TPSA) is 29.5 Å². The Bertz CT molecular complexity index is 1390. The number of carbonyl (C=O) groups excluding carboxylic acids is 1. The summed E-state index contributed by atoms with van der Waals surface area (Å²) in [4.78, 5) is 15.6. The van der Waals surface area contributed by atoms with Gasteiger partial charge >= 0.3 is 8.32 Å². The van der Waals surface area contributed by atoms with E-state index in [1.165, 1.54) is 40.2 Å². The van der Waals surface area contributed by atoms with Crippen LogP contribution in [0.15, 0.2) is 91.0 Å². The van der Waals surface area contributed by atoms with Crippen molar-refractivity contribution in [1.29, 1.82) is 0 Å². The molecule has 1 aromatic heterocycles. The van der Waals surface area contributed by atoms with Gasteiger partial charge in [0.15, 0.2) is 6.29 Å². The number of hydrogen-bond acceptors (Lipinski definition) is 4. The van der Waals surface area contributed by atoms with Crippen molar-refractivity contribution < 1.29 is 9.22 Å². The summed E-state index contributed by atoms with van der Waals surface area (Å²) in [6.45, 7) is 13.5. The molecule has 1 heterocycles. The van der Waals surface area contributed by atoms with Crippen LogP contribution in [-0.2, 0) is 0 Å². The number of rotatable bonds is 14. The molecule has 42 heavy (non-hydrogen) atoms. The number of benzene rings is 3. The van der Waals surface area contributed by atoms with Crippen LogP contribution in [0.1, 0.15) is 80.4 Å². The van der Waals surface area contributed by atoms with Gasteiger partial charge in [0.1, 0.15) is 5.75 Å². The van der Waals surface area contributed by atoms with Crippen LogP contribution in [0, 0.1) is 0 Å². The van der Waals surface area contributed by atoms with Crippen LogP contribution in [0.25, 0.3) is 12.2 Å². The molecule has 0 atom stereocenters. The average Bonchev–Trinajstić information content (AvgIpc) is 3.47. The minimum atomic E-state index is -2.84. The van der Waals surface area contributed by atoms with Gasteiger partial charge in [-0.1, -0.05) is 108 Å². The molecule has 0 N–H and O–H groups in total. The first-order valence-electron chi connectivity index (χ1n) is 15.2. The third-order valence-electron chi connectivity index (χ3n) is 7.80. The predicted molar refractivity (Wildman–Crippen MR) is 185 cm³/mol. The van der Waals surface area contributed by atoms with Gasteiger partial charge in [0, 0.05) is 35.3 Å². The normalized spacial score (nSPS) is 12.0. The molecule has 3 aromatic carbocycles. The molecule has 0 saturated carbocycles. The maximum atomic E-state index is 11.3. The Kier molecular flexibility index (Phi) is 11.0. The van der Waals surface area contributed by atoms with E-state index in [2.05, 4.69) is 131 Å². The van der Waals surface area contributed by atoms with E-state index in [4.69, 9.17) is 4.43 Å². The van der Waals surface area contributed by atoms with E-state index in [-0.39, 0.29) is 5.04 Å². The largest absolute Gasteiger partial charge is 0.534 e. The van der Waals surface area contributed by atoms with Crippen molar-refractivity contribution in [3.63, 3.8) is 0 Å². The molecule has 3 nitrogen and oxygen atoms in total. The van der Waals surface area contributed by atoms with Gasteiger partial charge in [-0.25, -0.2) is 0 Å². The number of aldehydes is 1. The molecule has 4 aromatic rings. The van der Waals surface area contributed by atoms with Crippen molar-refractivity contribution in [1.82, 2.24) is 0 Å². The lowest BCUT2D eigenvalue weighted by Gasteiger charge is -2.43. The zero-order chi connectivity index (χ0) is 30.0. The highest BCUT2D eigenvalue weighted by Crippen LogP contribution is 2.40. The van der Waals surface area contributed by atoms with E-state index in [9.17, 15) is 4.79 Å². The summed E-state index contributed by atoms with van der Waals surface area (Å²) in [6.07, 6.45) is 9.80. The highest BCUT2D eigenvalue weighted by atomic mass is 32.1. The minimum Gasteiger partial charge on any atom is -0.534 e. The molecule has 0 saturated heterocycles. The van der Waals surface area contributed by atoms with Crippen molar-refractivity contribution in [2.75, 3.05) is 18.0 Å². The number of hydrogen-bond donors (Lipinski definition) is 0. The number of nitrogens with zero attached hydrogens (tertiary/aromatic N) is 1. The summed E-state index contributed by atoms with van der Waals surface area (Å²) in [6, 6.07) is 32.2. The Balaban J connectivity index is 1.90. The molecule has 5 heteroatoms. The van der Waals surface area contributed by atoms with E-state index in [0.717, 1.165) is 53.3 Å². The van der Waals surface area contributed by atoms with Crippen LogP contribution >= 0.6 is 11.3 Å². The minimum absolute atomic E-state index is 0.149. The van der Waals surface area contributed by atoms with Gasteiger partial charge in [0.25, 0.3) is 0 Å². The van der Waals surface area contributed by atoms with E-state index in [0.29, 0.717) is 0 Å². The molecule has 0 bridgehead atoms. The fourth-order valence-corrected chi connectivity index (χ4v) is 10.7. The molecule has 0 aliphatic heterocycles. The van der Waals surface area contributed by atoms with Crippen LogP contribution in [-0.4, -0.2) is 27.7 Å². The van der Waals surface area contributed by atoms with Gasteiger partial charge in [0.2, 0.25) is 0 Å². The molecule has 0 spiro atoms. The molecule has 0 amide bonds. The van der Waals surface area contributed by atoms with Crippen LogP contribution in [0.2, 0.25) is 5.04 Å². The lowest BCUT2D eigenvalue weighted by Crippen LogP contribution is -2.68. The van der Waals surface area contributed by atoms with E-state index in [1.54, 1.807) is 0 Å². The lowest BCUT2D eigenvalue weighted by molar-refractivity contribution is 0.112. The molecular weight excluding hydrogens is 551 g/mol. The van der Waals surface area contributed by atoms with Gasteiger partial charge in [-0.05, 0) is 64.7 Å². The fourth-order valence-electron chi connectivity index (χ4n) is 5.52. The first kappa shape index (κ1) is 31.5. The molecular formula is C37H45NO2SSi. The van der Waals surface area contributed by atoms with Crippen molar-refractivity contribution in [3.8, 4) is 5.75 Å². The van der Waals surface area contributed by atoms with Gasteiger partial charge in [-0.2, -0.15) is 0 Å². The summed E-state index contributed by atoms with van der Waals surface area (Å²) in [7, 11) is -2.84. The quantitative estimate of drug-likeness (QED) is 0.108. The van der Waals surface area contributed by atoms with Crippen LogP contribution in [0.3, 0.4) is 0 Å². The number of thiophene rings is 1. The SMILES string of the molecule is CCCCN(CCCC)c1ccc(C=Cc2ccc(C=O)s2)c(O[Si](c2ccccc2)(c2ccccc2)C(C)(C)C)c1. The van der Waals surface area contributed by atoms with Crippen molar-refractivity contribution in [3.05, 3.63) is 106 Å². The highest BCUT2D eigenvalue weighted by Gasteiger charge is 2.52. The second kappa shape index (κ2) is 14.7. The highest BCUT2D eigenvalue weighted by molar-refractivity contribution is 7.14. The zero-order valence-corrected chi connectivity index (χ0v) is 27.6. The maximum absolute atomic E-state index is 11.3. The predicted octanol–water partition coefficient (Wildman–Crippen LogP) is 9.08. The van der Waals surface area contributed by atoms with Crippen LogP contribution < -0.4 is 19.7 Å². The molecule has 0 fully saturated rings. The zero-order valence-electron chi connectivity index (χ0n) is 25.8. The standard InChI is InChI=1S/C37H45NO2SSi/c1-6-8-26-38(27-9-7-2)31-22-20-30(21-23-32-24-25-33(29-39)41-32)36(28-31)40-42(37(3,4)5,34-16-12-10-13-17-34)35-18-14-11-15-19-35/h10-25,28-29H,6-9,26-27H2,1-5H3. The number of unbranched alkanes of at least 4 members (excludes halogenated alkanes) is 2. The Labute approximate surface area is 258 Å². The first-order chi connectivity index (χ1) is 20.3. The number of anilines is 1. The van der Waals surface area contributed by atoms with E-state index >= 15 is 0 Å². The summed E-state index contributed by atoms with van der Waals surface area (Å²) in [5.74, 6) is 0.906. The Morgan fingerprint density at radius 3 is 1.83 bits per heavy atom. The monoisotopic (exact) mass is 595 g/mol. The van der Waals surface area contributed by atoms with Gasteiger partial charge in [0.05, 0.1) is 4.88 Å². The van der Waals surface area contributed by atoms with Crippen molar-refractivity contribution in [2.24, 2.45) is 0 Å².